The van der Waals surface area contributed by atoms with E-state index in [-0.39, 0.29) is 60.1 Å². The molecule has 1 spiro atoms. The highest BCUT2D eigenvalue weighted by Crippen LogP contribution is 2.77. The number of fused-ring (bicyclic) bond motifs is 3. The van der Waals surface area contributed by atoms with Crippen LogP contribution < -0.4 is 0 Å². The fourth-order valence-electron chi connectivity index (χ4n) is 9.30. The number of hydrogen-bond donors (Lipinski definition) is 0. The number of Topliss-reactive ketones (excluding diaryl/α,β-unsaturated/α-hetero) is 2. The fraction of sp³-hybridized carbons (Fsp3) is 0.857. The normalized spacial score (nSPS) is 47.6. The Morgan fingerprint density at radius 1 is 1.03 bits per heavy atom. The van der Waals surface area contributed by atoms with Crippen LogP contribution in [0.1, 0.15) is 92.4 Å². The SMILES string of the molecule is CCC(=O)OCC(=O)[C@@]1(OC(=O)CC)[C@@H](C)C[C@H]2[C@@H]3CC[C@@H]4CC(=O)CC[C@]4(C)[C@]34OC4C[C@@]21C. The smallest absolute Gasteiger partial charge is 0.306 e. The van der Waals surface area contributed by atoms with Crippen molar-refractivity contribution in [3.8, 4) is 0 Å². The van der Waals surface area contributed by atoms with Crippen molar-refractivity contribution in [3.63, 3.8) is 0 Å². The number of esters is 2. The molecule has 4 aliphatic carbocycles. The summed E-state index contributed by atoms with van der Waals surface area (Å²) in [6.45, 7) is 9.50. The molecule has 0 amide bonds. The van der Waals surface area contributed by atoms with Crippen LogP contribution >= 0.6 is 0 Å². The Kier molecular flexibility index (Phi) is 5.78. The Balaban J connectivity index is 1.52. The number of carbonyl (C=O) groups is 4. The Bertz CT molecular complexity index is 959. The second-order valence-corrected chi connectivity index (χ2v) is 12.3. The lowest BCUT2D eigenvalue weighted by Crippen LogP contribution is -2.65. The molecule has 1 unspecified atom stereocenters. The molecule has 1 heterocycles. The molecular weight excluding hydrogens is 448 g/mol. The van der Waals surface area contributed by atoms with E-state index in [0.29, 0.717) is 31.0 Å². The van der Waals surface area contributed by atoms with Gasteiger partial charge in [-0.05, 0) is 49.9 Å². The topological polar surface area (TPSA) is 99.3 Å². The summed E-state index contributed by atoms with van der Waals surface area (Å²) in [5, 5.41) is 0. The first-order valence-corrected chi connectivity index (χ1v) is 13.6. The predicted octanol–water partition coefficient (Wildman–Crippen LogP) is 4.19. The quantitative estimate of drug-likeness (QED) is 0.408. The molecule has 5 fully saturated rings. The summed E-state index contributed by atoms with van der Waals surface area (Å²) in [6, 6.07) is 0. The van der Waals surface area contributed by atoms with E-state index in [1.54, 1.807) is 13.8 Å². The zero-order valence-electron chi connectivity index (χ0n) is 21.8. The molecule has 35 heavy (non-hydrogen) atoms. The van der Waals surface area contributed by atoms with Crippen molar-refractivity contribution in [1.82, 2.24) is 0 Å². The van der Waals surface area contributed by atoms with Crippen LogP contribution in [-0.4, -0.2) is 47.4 Å². The third-order valence-electron chi connectivity index (χ3n) is 11.0. The Labute approximate surface area is 208 Å². The minimum Gasteiger partial charge on any atom is -0.457 e. The summed E-state index contributed by atoms with van der Waals surface area (Å²) in [7, 11) is 0. The van der Waals surface area contributed by atoms with Gasteiger partial charge in [-0.15, -0.1) is 0 Å². The molecule has 0 aromatic rings. The molecule has 7 heteroatoms. The van der Waals surface area contributed by atoms with Crippen LogP contribution in [0.2, 0.25) is 0 Å². The van der Waals surface area contributed by atoms with E-state index in [2.05, 4.69) is 13.8 Å². The van der Waals surface area contributed by atoms with Crippen molar-refractivity contribution >= 4 is 23.5 Å². The summed E-state index contributed by atoms with van der Waals surface area (Å²) >= 11 is 0. The van der Waals surface area contributed by atoms with Crippen LogP contribution in [0.25, 0.3) is 0 Å². The number of epoxide rings is 1. The maximum absolute atomic E-state index is 13.9. The first-order valence-electron chi connectivity index (χ1n) is 13.6. The van der Waals surface area contributed by atoms with Crippen molar-refractivity contribution in [2.45, 2.75) is 110 Å². The van der Waals surface area contributed by atoms with Gasteiger partial charge >= 0.3 is 11.9 Å². The molecule has 0 aromatic carbocycles. The Morgan fingerprint density at radius 3 is 2.43 bits per heavy atom. The number of rotatable bonds is 6. The lowest BCUT2D eigenvalue weighted by Gasteiger charge is -2.59. The van der Waals surface area contributed by atoms with Gasteiger partial charge in [-0.2, -0.15) is 0 Å². The molecule has 1 aliphatic heterocycles. The van der Waals surface area contributed by atoms with E-state index in [1.165, 1.54) is 0 Å². The Hall–Kier alpha value is -1.76. The van der Waals surface area contributed by atoms with Crippen molar-refractivity contribution < 1.29 is 33.4 Å². The molecule has 0 N–H and O–H groups in total. The zero-order chi connectivity index (χ0) is 25.4. The summed E-state index contributed by atoms with van der Waals surface area (Å²) in [5.41, 5.74) is -2.22. The average molecular weight is 489 g/mol. The molecule has 1 saturated heterocycles. The molecule has 0 bridgehead atoms. The highest BCUT2D eigenvalue weighted by atomic mass is 16.6. The minimum atomic E-state index is -1.34. The van der Waals surface area contributed by atoms with Crippen LogP contribution in [0.3, 0.4) is 0 Å². The number of carbonyl (C=O) groups excluding carboxylic acids is 4. The predicted molar refractivity (Wildman–Crippen MR) is 126 cm³/mol. The van der Waals surface area contributed by atoms with Gasteiger partial charge in [0.2, 0.25) is 5.78 Å². The second kappa shape index (κ2) is 8.12. The second-order valence-electron chi connectivity index (χ2n) is 12.3. The third-order valence-corrected chi connectivity index (χ3v) is 11.0. The van der Waals surface area contributed by atoms with E-state index >= 15 is 0 Å². The fourth-order valence-corrected chi connectivity index (χ4v) is 9.30. The minimum absolute atomic E-state index is 0.00857. The summed E-state index contributed by atoms with van der Waals surface area (Å²) in [4.78, 5) is 50.8. The monoisotopic (exact) mass is 488 g/mol. The van der Waals surface area contributed by atoms with E-state index in [9.17, 15) is 19.2 Å². The van der Waals surface area contributed by atoms with E-state index in [1.807, 2.05) is 6.92 Å². The maximum atomic E-state index is 13.9. The summed E-state index contributed by atoms with van der Waals surface area (Å²) in [6.07, 6.45) is 5.86. The molecule has 194 valence electrons. The van der Waals surface area contributed by atoms with Crippen molar-refractivity contribution in [3.05, 3.63) is 0 Å². The van der Waals surface area contributed by atoms with Crippen LogP contribution in [-0.2, 0) is 33.4 Å². The molecule has 4 saturated carbocycles. The van der Waals surface area contributed by atoms with Gasteiger partial charge in [0, 0.05) is 42.4 Å². The van der Waals surface area contributed by atoms with Gasteiger partial charge in [-0.25, -0.2) is 0 Å². The zero-order valence-corrected chi connectivity index (χ0v) is 21.8. The maximum Gasteiger partial charge on any atom is 0.306 e. The summed E-state index contributed by atoms with van der Waals surface area (Å²) < 4.78 is 18.1. The van der Waals surface area contributed by atoms with Gasteiger partial charge in [0.05, 0.1) is 6.10 Å². The molecule has 0 aromatic heterocycles. The number of ether oxygens (including phenoxy) is 3. The van der Waals surface area contributed by atoms with Crippen LogP contribution in [0.15, 0.2) is 0 Å². The molecule has 5 aliphatic rings. The van der Waals surface area contributed by atoms with Crippen molar-refractivity contribution in [2.75, 3.05) is 6.61 Å². The van der Waals surface area contributed by atoms with Gasteiger partial charge in [-0.3, -0.25) is 19.2 Å². The highest BCUT2D eigenvalue weighted by molar-refractivity contribution is 5.93. The average Bonchev–Trinajstić information content (AvgIpc) is 3.50. The van der Waals surface area contributed by atoms with Gasteiger partial charge in [-0.1, -0.05) is 34.6 Å². The van der Waals surface area contributed by atoms with Gasteiger partial charge in [0.15, 0.2) is 12.2 Å². The Morgan fingerprint density at radius 2 is 1.74 bits per heavy atom. The van der Waals surface area contributed by atoms with Gasteiger partial charge in [0.1, 0.15) is 11.4 Å². The van der Waals surface area contributed by atoms with Crippen LogP contribution in [0, 0.1) is 34.5 Å². The van der Waals surface area contributed by atoms with E-state index in [4.69, 9.17) is 14.2 Å². The number of hydrogen-bond acceptors (Lipinski definition) is 7. The molecular formula is C28H40O7. The van der Waals surface area contributed by atoms with Crippen molar-refractivity contribution in [2.24, 2.45) is 34.5 Å². The standard InChI is InChI=1S/C28H40O7/c1-6-23(31)33-15-21(30)27(35-24(32)7-2)16(3)12-20-19-9-8-17-13-18(29)10-11-25(17,4)28(19)22(34-28)14-26(20,27)5/h16-17,19-20,22H,6-15H2,1-5H3/t16-,17+,19-,20-,22?,25-,26-,27-,28-/m0/s1. The summed E-state index contributed by atoms with van der Waals surface area (Å²) in [5.74, 6) is -0.196. The van der Waals surface area contributed by atoms with Gasteiger partial charge < -0.3 is 14.2 Å². The molecule has 0 radical (unpaired) electrons. The largest absolute Gasteiger partial charge is 0.457 e. The van der Waals surface area contributed by atoms with Gasteiger partial charge in [0.25, 0.3) is 0 Å². The highest BCUT2D eigenvalue weighted by Gasteiger charge is 2.83. The van der Waals surface area contributed by atoms with Crippen molar-refractivity contribution in [1.29, 1.82) is 0 Å². The van der Waals surface area contributed by atoms with Crippen LogP contribution in [0.5, 0.6) is 0 Å². The molecule has 7 nitrogen and oxygen atoms in total. The molecule has 9 atom stereocenters. The first-order chi connectivity index (χ1) is 16.5. The third kappa shape index (κ3) is 3.12. The van der Waals surface area contributed by atoms with Crippen LogP contribution in [0.4, 0.5) is 0 Å². The lowest BCUT2D eigenvalue weighted by atomic mass is 9.44. The van der Waals surface area contributed by atoms with E-state index in [0.717, 1.165) is 25.7 Å². The lowest BCUT2D eigenvalue weighted by molar-refractivity contribution is -0.196. The number of ketones is 2. The van der Waals surface area contributed by atoms with E-state index < -0.39 is 23.0 Å². The first kappa shape index (κ1) is 24.9. The molecule has 5 rings (SSSR count).